The molecule has 0 unspecified atom stereocenters. The van der Waals surface area contributed by atoms with E-state index in [-0.39, 0.29) is 11.9 Å². The summed E-state index contributed by atoms with van der Waals surface area (Å²) in [5.74, 6) is -0.00430. The van der Waals surface area contributed by atoms with Crippen LogP contribution in [0.5, 0.6) is 0 Å². The van der Waals surface area contributed by atoms with Crippen molar-refractivity contribution in [1.82, 2.24) is 5.06 Å². The maximum atomic E-state index is 12.3. The highest BCUT2D eigenvalue weighted by Gasteiger charge is 2.27. The molecule has 0 radical (unpaired) electrons. The summed E-state index contributed by atoms with van der Waals surface area (Å²) in [5.41, 5.74) is 0.688. The first-order chi connectivity index (χ1) is 10.3. The molecule has 2 rings (SSSR count). The van der Waals surface area contributed by atoms with Crippen molar-refractivity contribution in [2.24, 2.45) is 0 Å². The van der Waals surface area contributed by atoms with Crippen molar-refractivity contribution in [1.29, 1.82) is 0 Å². The van der Waals surface area contributed by atoms with E-state index in [2.05, 4.69) is 24.3 Å². The molecule has 3 nitrogen and oxygen atoms in total. The van der Waals surface area contributed by atoms with Crippen LogP contribution in [0.1, 0.15) is 52.6 Å². The molecule has 0 aliphatic carbocycles. The molecule has 2 aromatic rings. The van der Waals surface area contributed by atoms with Gasteiger partial charge in [-0.05, 0) is 44.0 Å². The Balaban J connectivity index is 2.44. The SMILES string of the molecule is CCC(=O)N(OC(C)(C)C)[C@H](C)c1cccc2ccccc12. The number of nitrogens with zero attached hydrogens (tertiary/aromatic N) is 1. The van der Waals surface area contributed by atoms with Gasteiger partial charge >= 0.3 is 0 Å². The summed E-state index contributed by atoms with van der Waals surface area (Å²) < 4.78 is 0. The van der Waals surface area contributed by atoms with Gasteiger partial charge in [0, 0.05) is 6.42 Å². The minimum atomic E-state index is -0.413. The second kappa shape index (κ2) is 6.49. The van der Waals surface area contributed by atoms with Crippen LogP contribution in [0, 0.1) is 0 Å². The third-order valence-corrected chi connectivity index (χ3v) is 3.55. The van der Waals surface area contributed by atoms with Gasteiger partial charge in [-0.2, -0.15) is 0 Å². The summed E-state index contributed by atoms with van der Waals surface area (Å²) in [6.45, 7) is 9.74. The van der Waals surface area contributed by atoms with E-state index in [1.165, 1.54) is 10.4 Å². The highest BCUT2D eigenvalue weighted by atomic mass is 16.7. The number of benzene rings is 2. The Morgan fingerprint density at radius 2 is 1.77 bits per heavy atom. The quantitative estimate of drug-likeness (QED) is 0.754. The Hall–Kier alpha value is -1.87. The predicted molar refractivity (Wildman–Crippen MR) is 90.3 cm³/mol. The summed E-state index contributed by atoms with van der Waals surface area (Å²) in [7, 11) is 0. The van der Waals surface area contributed by atoms with Gasteiger partial charge in [-0.3, -0.25) is 9.63 Å². The lowest BCUT2D eigenvalue weighted by atomic mass is 9.99. The second-order valence-electron chi connectivity index (χ2n) is 6.52. The molecule has 0 heterocycles. The molecular formula is C19H25NO2. The van der Waals surface area contributed by atoms with Crippen LogP contribution in [0.3, 0.4) is 0 Å². The molecule has 0 spiro atoms. The third kappa shape index (κ3) is 3.66. The van der Waals surface area contributed by atoms with E-state index in [1.54, 1.807) is 0 Å². The molecule has 0 N–H and O–H groups in total. The molecule has 1 amide bonds. The van der Waals surface area contributed by atoms with Crippen molar-refractivity contribution in [3.05, 3.63) is 48.0 Å². The number of rotatable bonds is 4. The lowest BCUT2D eigenvalue weighted by molar-refractivity contribution is -0.241. The van der Waals surface area contributed by atoms with Gasteiger partial charge in [-0.1, -0.05) is 49.4 Å². The van der Waals surface area contributed by atoms with Crippen LogP contribution >= 0.6 is 0 Å². The van der Waals surface area contributed by atoms with Crippen molar-refractivity contribution < 1.29 is 9.63 Å². The predicted octanol–water partition coefficient (Wildman–Crippen LogP) is 4.87. The number of fused-ring (bicyclic) bond motifs is 1. The fourth-order valence-electron chi connectivity index (χ4n) is 2.54. The zero-order valence-electron chi connectivity index (χ0n) is 14.1. The minimum Gasteiger partial charge on any atom is -0.273 e. The van der Waals surface area contributed by atoms with Crippen molar-refractivity contribution >= 4 is 16.7 Å². The lowest BCUT2D eigenvalue weighted by Gasteiger charge is -2.34. The van der Waals surface area contributed by atoms with Crippen molar-refractivity contribution in [2.75, 3.05) is 0 Å². The molecule has 22 heavy (non-hydrogen) atoms. The number of hydrogen-bond acceptors (Lipinski definition) is 2. The molecule has 2 aromatic carbocycles. The molecule has 1 atom stereocenters. The summed E-state index contributed by atoms with van der Waals surface area (Å²) >= 11 is 0. The Kier molecular flexibility index (Phi) is 4.87. The average molecular weight is 299 g/mol. The molecule has 0 aliphatic rings. The summed E-state index contributed by atoms with van der Waals surface area (Å²) in [4.78, 5) is 18.3. The van der Waals surface area contributed by atoms with Crippen LogP contribution < -0.4 is 0 Å². The standard InChI is InChI=1S/C19H25NO2/c1-6-18(21)20(22-19(3,4)5)14(2)16-13-9-11-15-10-7-8-12-17(15)16/h7-14H,6H2,1-5H3/t14-/m1/s1. The van der Waals surface area contributed by atoms with E-state index in [0.717, 1.165) is 10.9 Å². The van der Waals surface area contributed by atoms with Gasteiger partial charge in [0.15, 0.2) is 0 Å². The molecule has 0 saturated carbocycles. The van der Waals surface area contributed by atoms with Crippen LogP contribution in [0.4, 0.5) is 0 Å². The van der Waals surface area contributed by atoms with Crippen LogP contribution in [-0.4, -0.2) is 16.6 Å². The monoisotopic (exact) mass is 299 g/mol. The number of carbonyl (C=O) groups is 1. The third-order valence-electron chi connectivity index (χ3n) is 3.55. The molecule has 0 saturated heterocycles. The first-order valence-electron chi connectivity index (χ1n) is 7.82. The maximum Gasteiger partial charge on any atom is 0.246 e. The van der Waals surface area contributed by atoms with E-state index in [0.29, 0.717) is 6.42 Å². The molecule has 3 heteroatoms. The zero-order valence-corrected chi connectivity index (χ0v) is 14.1. The topological polar surface area (TPSA) is 29.5 Å². The average Bonchev–Trinajstić information content (AvgIpc) is 2.49. The van der Waals surface area contributed by atoms with E-state index in [1.807, 2.05) is 52.8 Å². The van der Waals surface area contributed by atoms with E-state index in [9.17, 15) is 4.79 Å². The number of hydroxylamine groups is 2. The van der Waals surface area contributed by atoms with Gasteiger partial charge < -0.3 is 0 Å². The highest BCUT2D eigenvalue weighted by molar-refractivity contribution is 5.86. The Labute approximate surface area is 132 Å². The summed E-state index contributed by atoms with van der Waals surface area (Å²) in [6, 6.07) is 14.3. The first kappa shape index (κ1) is 16.5. The Morgan fingerprint density at radius 1 is 1.14 bits per heavy atom. The van der Waals surface area contributed by atoms with Gasteiger partial charge in [0.1, 0.15) is 0 Å². The summed E-state index contributed by atoms with van der Waals surface area (Å²) in [5, 5.41) is 3.86. The number of carbonyl (C=O) groups excluding carboxylic acids is 1. The smallest absolute Gasteiger partial charge is 0.246 e. The first-order valence-corrected chi connectivity index (χ1v) is 7.82. The van der Waals surface area contributed by atoms with Crippen molar-refractivity contribution in [3.8, 4) is 0 Å². The minimum absolute atomic E-state index is 0.00430. The fraction of sp³-hybridized carbons (Fsp3) is 0.421. The highest BCUT2D eigenvalue weighted by Crippen LogP contribution is 2.30. The van der Waals surface area contributed by atoms with Crippen molar-refractivity contribution in [2.45, 2.75) is 52.7 Å². The zero-order chi connectivity index (χ0) is 16.3. The van der Waals surface area contributed by atoms with Gasteiger partial charge in [-0.25, -0.2) is 5.06 Å². The lowest BCUT2D eigenvalue weighted by Crippen LogP contribution is -2.39. The Bertz CT molecular complexity index is 653. The molecule has 0 fully saturated rings. The molecule has 0 aromatic heterocycles. The van der Waals surface area contributed by atoms with Gasteiger partial charge in [0.05, 0.1) is 11.6 Å². The molecule has 118 valence electrons. The number of hydrogen-bond donors (Lipinski definition) is 0. The van der Waals surface area contributed by atoms with Crippen LogP contribution in [0.2, 0.25) is 0 Å². The number of amides is 1. The van der Waals surface area contributed by atoms with E-state index >= 15 is 0 Å². The summed E-state index contributed by atoms with van der Waals surface area (Å²) in [6.07, 6.45) is 0.422. The van der Waals surface area contributed by atoms with Crippen LogP contribution in [0.15, 0.2) is 42.5 Å². The van der Waals surface area contributed by atoms with Gasteiger partial charge in [0.2, 0.25) is 5.91 Å². The normalized spacial score (nSPS) is 13.1. The van der Waals surface area contributed by atoms with Gasteiger partial charge in [0.25, 0.3) is 0 Å². The van der Waals surface area contributed by atoms with E-state index in [4.69, 9.17) is 4.84 Å². The molecule has 0 aliphatic heterocycles. The molecular weight excluding hydrogens is 274 g/mol. The fourth-order valence-corrected chi connectivity index (χ4v) is 2.54. The van der Waals surface area contributed by atoms with Crippen LogP contribution in [-0.2, 0) is 9.63 Å². The van der Waals surface area contributed by atoms with Crippen LogP contribution in [0.25, 0.3) is 10.8 Å². The maximum absolute atomic E-state index is 12.3. The molecule has 0 bridgehead atoms. The largest absolute Gasteiger partial charge is 0.273 e. The van der Waals surface area contributed by atoms with Gasteiger partial charge in [-0.15, -0.1) is 0 Å². The second-order valence-corrected chi connectivity index (χ2v) is 6.52. The van der Waals surface area contributed by atoms with E-state index < -0.39 is 5.60 Å². The Morgan fingerprint density at radius 3 is 2.41 bits per heavy atom. The van der Waals surface area contributed by atoms with Crippen molar-refractivity contribution in [3.63, 3.8) is 0 Å².